The van der Waals surface area contributed by atoms with Gasteiger partial charge in [0.1, 0.15) is 11.5 Å². The second-order valence-electron chi connectivity index (χ2n) is 7.04. The maximum atomic E-state index is 12.6. The van der Waals surface area contributed by atoms with Crippen LogP contribution in [0.15, 0.2) is 35.1 Å². The number of aromatic nitrogens is 4. The summed E-state index contributed by atoms with van der Waals surface area (Å²) in [5.41, 5.74) is 2.33. The molecule has 1 aliphatic rings. The van der Waals surface area contributed by atoms with Crippen molar-refractivity contribution in [2.45, 2.75) is 26.4 Å². The number of amides is 1. The monoisotopic (exact) mass is 396 g/mol. The van der Waals surface area contributed by atoms with Crippen LogP contribution < -0.4 is 10.9 Å². The zero-order chi connectivity index (χ0) is 20.2. The zero-order valence-corrected chi connectivity index (χ0v) is 16.4. The molecule has 1 aromatic carbocycles. The summed E-state index contributed by atoms with van der Waals surface area (Å²) < 4.78 is 6.69. The Hall–Kier alpha value is -3.04. The van der Waals surface area contributed by atoms with Crippen LogP contribution in [0.5, 0.6) is 0 Å². The molecule has 3 aromatic rings. The number of aromatic amines is 1. The number of rotatable bonds is 6. The Morgan fingerprint density at radius 1 is 1.24 bits per heavy atom. The van der Waals surface area contributed by atoms with Gasteiger partial charge in [-0.2, -0.15) is 5.10 Å². The average Bonchev–Trinajstić information content (AvgIpc) is 3.12. The van der Waals surface area contributed by atoms with Gasteiger partial charge in [0.2, 0.25) is 0 Å². The summed E-state index contributed by atoms with van der Waals surface area (Å²) in [6, 6.07) is 8.34. The van der Waals surface area contributed by atoms with E-state index in [9.17, 15) is 9.59 Å². The summed E-state index contributed by atoms with van der Waals surface area (Å²) >= 11 is 0. The lowest BCUT2D eigenvalue weighted by Gasteiger charge is -2.25. The van der Waals surface area contributed by atoms with Crippen molar-refractivity contribution < 1.29 is 9.53 Å². The van der Waals surface area contributed by atoms with E-state index >= 15 is 0 Å². The number of anilines is 1. The number of hydrogen-bond donors (Lipinski definition) is 2. The van der Waals surface area contributed by atoms with E-state index < -0.39 is 0 Å². The van der Waals surface area contributed by atoms with Gasteiger partial charge in [-0.05, 0) is 30.7 Å². The van der Waals surface area contributed by atoms with Crippen LogP contribution in [0.25, 0.3) is 11.0 Å². The zero-order valence-electron chi connectivity index (χ0n) is 16.4. The smallest absolute Gasteiger partial charge is 0.276 e. The average molecular weight is 396 g/mol. The van der Waals surface area contributed by atoms with E-state index in [1.165, 1.54) is 16.8 Å². The van der Waals surface area contributed by atoms with Crippen molar-refractivity contribution in [3.05, 3.63) is 52.2 Å². The number of carbonyl (C=O) groups excluding carboxylic acids is 1. The number of carbonyl (C=O) groups is 1. The number of aryl methyl sites for hydroxylation is 1. The van der Waals surface area contributed by atoms with E-state index in [2.05, 4.69) is 25.3 Å². The first-order valence-corrected chi connectivity index (χ1v) is 9.80. The van der Waals surface area contributed by atoms with Crippen LogP contribution in [0.2, 0.25) is 0 Å². The van der Waals surface area contributed by atoms with Crippen molar-refractivity contribution in [1.82, 2.24) is 24.6 Å². The predicted octanol–water partition coefficient (Wildman–Crippen LogP) is 1.61. The van der Waals surface area contributed by atoms with Crippen LogP contribution in [0, 0.1) is 0 Å². The van der Waals surface area contributed by atoms with Gasteiger partial charge in [-0.15, -0.1) is 0 Å². The molecule has 4 rings (SSSR count). The number of hydrogen-bond acceptors (Lipinski definition) is 6. The van der Waals surface area contributed by atoms with Crippen molar-refractivity contribution in [2.75, 3.05) is 31.6 Å². The Balaban J connectivity index is 1.48. The van der Waals surface area contributed by atoms with Gasteiger partial charge in [0.05, 0.1) is 30.8 Å². The Labute approximate surface area is 167 Å². The Kier molecular flexibility index (Phi) is 5.68. The highest BCUT2D eigenvalue weighted by Crippen LogP contribution is 2.18. The molecule has 0 radical (unpaired) electrons. The van der Waals surface area contributed by atoms with Gasteiger partial charge in [0.25, 0.3) is 11.5 Å². The molecular formula is C20H24N6O3. The number of morpholine rings is 1. The third-order valence-electron chi connectivity index (χ3n) is 4.80. The molecule has 9 heteroatoms. The van der Waals surface area contributed by atoms with Crippen molar-refractivity contribution in [1.29, 1.82) is 0 Å². The van der Waals surface area contributed by atoms with Gasteiger partial charge >= 0.3 is 0 Å². The van der Waals surface area contributed by atoms with E-state index in [0.29, 0.717) is 12.2 Å². The van der Waals surface area contributed by atoms with Crippen LogP contribution in [-0.4, -0.2) is 56.9 Å². The van der Waals surface area contributed by atoms with Crippen LogP contribution in [0.4, 0.5) is 5.69 Å². The molecule has 152 valence electrons. The highest BCUT2D eigenvalue weighted by Gasteiger charge is 2.14. The quantitative estimate of drug-likeness (QED) is 0.656. The van der Waals surface area contributed by atoms with Gasteiger partial charge in [0.15, 0.2) is 0 Å². The number of imidazole rings is 1. The summed E-state index contributed by atoms with van der Waals surface area (Å²) in [6.07, 6.45) is 0.765. The molecule has 9 nitrogen and oxygen atoms in total. The molecule has 1 saturated heterocycles. The van der Waals surface area contributed by atoms with Crippen molar-refractivity contribution in [3.63, 3.8) is 0 Å². The minimum atomic E-state index is -0.359. The van der Waals surface area contributed by atoms with Gasteiger partial charge in [0, 0.05) is 31.4 Å². The van der Waals surface area contributed by atoms with Crippen LogP contribution in [0.1, 0.15) is 29.7 Å². The molecule has 29 heavy (non-hydrogen) atoms. The maximum absolute atomic E-state index is 12.6. The van der Waals surface area contributed by atoms with Gasteiger partial charge in [-0.25, -0.2) is 9.67 Å². The summed E-state index contributed by atoms with van der Waals surface area (Å²) in [4.78, 5) is 34.6. The predicted molar refractivity (Wildman–Crippen MR) is 109 cm³/mol. The number of nitrogens with zero attached hydrogens (tertiary/aromatic N) is 4. The minimum Gasteiger partial charge on any atom is -0.379 e. The van der Waals surface area contributed by atoms with Crippen LogP contribution in [0.3, 0.4) is 0 Å². The summed E-state index contributed by atoms with van der Waals surface area (Å²) in [7, 11) is 0. The Morgan fingerprint density at radius 3 is 2.86 bits per heavy atom. The number of nitrogens with one attached hydrogen (secondary N) is 2. The number of fused-ring (bicyclic) bond motifs is 1. The fourth-order valence-electron chi connectivity index (χ4n) is 3.32. The van der Waals surface area contributed by atoms with Crippen LogP contribution >= 0.6 is 0 Å². The lowest BCUT2D eigenvalue weighted by atomic mass is 10.2. The molecular weight excluding hydrogens is 372 g/mol. The maximum Gasteiger partial charge on any atom is 0.276 e. The molecule has 0 unspecified atom stereocenters. The van der Waals surface area contributed by atoms with Crippen molar-refractivity contribution >= 4 is 22.6 Å². The Morgan fingerprint density at radius 2 is 2.07 bits per heavy atom. The highest BCUT2D eigenvalue weighted by molar-refractivity contribution is 6.03. The van der Waals surface area contributed by atoms with Gasteiger partial charge in [-0.1, -0.05) is 6.92 Å². The second-order valence-corrected chi connectivity index (χ2v) is 7.04. The molecule has 1 fully saturated rings. The fraction of sp³-hybridized carbons (Fsp3) is 0.400. The first-order valence-electron chi connectivity index (χ1n) is 9.80. The molecule has 2 N–H and O–H groups in total. The molecule has 1 aliphatic heterocycles. The van der Waals surface area contributed by atoms with E-state index in [4.69, 9.17) is 4.74 Å². The fourth-order valence-corrected chi connectivity index (χ4v) is 3.32. The van der Waals surface area contributed by atoms with E-state index in [1.807, 2.05) is 25.1 Å². The topological polar surface area (TPSA) is 105 Å². The van der Waals surface area contributed by atoms with Gasteiger partial charge in [-0.3, -0.25) is 14.5 Å². The molecule has 0 atom stereocenters. The second kappa shape index (κ2) is 8.54. The van der Waals surface area contributed by atoms with Crippen LogP contribution in [-0.2, 0) is 17.8 Å². The van der Waals surface area contributed by atoms with E-state index in [0.717, 1.165) is 56.1 Å². The molecule has 0 saturated carbocycles. The summed E-state index contributed by atoms with van der Waals surface area (Å²) in [6.45, 7) is 6.45. The largest absolute Gasteiger partial charge is 0.379 e. The minimum absolute atomic E-state index is 0.204. The van der Waals surface area contributed by atoms with E-state index in [1.54, 1.807) is 0 Å². The molecule has 0 aliphatic carbocycles. The molecule has 2 aromatic heterocycles. The molecule has 1 amide bonds. The number of benzene rings is 1. The first kappa shape index (κ1) is 19.3. The third-order valence-corrected chi connectivity index (χ3v) is 4.80. The number of ether oxygens (including phenoxy) is 1. The van der Waals surface area contributed by atoms with Crippen molar-refractivity contribution in [3.8, 4) is 0 Å². The first-order chi connectivity index (χ1) is 14.1. The summed E-state index contributed by atoms with van der Waals surface area (Å²) in [5, 5.41) is 6.98. The SMILES string of the molecule is CCCn1nc(C(=O)Nc2ccc3nc(CN4CCOCC4)[nH]c3c2)ccc1=O. The van der Waals surface area contributed by atoms with Gasteiger partial charge < -0.3 is 15.0 Å². The number of H-pyrrole nitrogens is 1. The lowest BCUT2D eigenvalue weighted by molar-refractivity contribution is 0.0332. The molecule has 3 heterocycles. The molecule has 0 spiro atoms. The standard InChI is InChI=1S/C20H24N6O3/c1-2-7-26-19(27)6-5-16(24-26)20(28)21-14-3-4-15-17(12-14)23-18(22-15)13-25-8-10-29-11-9-25/h3-6,12H,2,7-11,13H2,1H3,(H,21,28)(H,22,23). The molecule has 0 bridgehead atoms. The highest BCUT2D eigenvalue weighted by atomic mass is 16.5. The summed E-state index contributed by atoms with van der Waals surface area (Å²) in [5.74, 6) is 0.529. The third kappa shape index (κ3) is 4.52. The lowest BCUT2D eigenvalue weighted by Crippen LogP contribution is -2.35. The normalized spacial score (nSPS) is 14.9. The Bertz CT molecular complexity index is 1070. The van der Waals surface area contributed by atoms with E-state index in [-0.39, 0.29) is 17.2 Å². The van der Waals surface area contributed by atoms with Crippen molar-refractivity contribution in [2.24, 2.45) is 0 Å².